The topological polar surface area (TPSA) is 41.4 Å². The van der Waals surface area contributed by atoms with E-state index in [1.165, 1.54) is 6.07 Å². The van der Waals surface area contributed by atoms with Gasteiger partial charge in [0.15, 0.2) is 0 Å². The van der Waals surface area contributed by atoms with E-state index < -0.39 is 0 Å². The Labute approximate surface area is 177 Å². The number of piperidine rings is 1. The van der Waals surface area contributed by atoms with Gasteiger partial charge in [-0.1, -0.05) is 36.4 Å². The number of carbonyl (C=O) groups excluding carboxylic acids is 1. The maximum atomic E-state index is 13.9. The van der Waals surface area contributed by atoms with Crippen molar-refractivity contribution in [3.05, 3.63) is 66.1 Å². The van der Waals surface area contributed by atoms with Crippen LogP contribution < -0.4 is 0 Å². The van der Waals surface area contributed by atoms with Gasteiger partial charge in [0.2, 0.25) is 5.91 Å². The molecule has 158 valence electrons. The summed E-state index contributed by atoms with van der Waals surface area (Å²) in [5.41, 5.74) is 1.68. The summed E-state index contributed by atoms with van der Waals surface area (Å²) in [4.78, 5) is 16.9. The summed E-state index contributed by atoms with van der Waals surface area (Å²) in [5.74, 6) is 0.402. The molecule has 5 nitrogen and oxygen atoms in total. The minimum atomic E-state index is -0.123. The van der Waals surface area contributed by atoms with Crippen molar-refractivity contribution in [1.82, 2.24) is 19.6 Å². The monoisotopic (exact) mass is 408 g/mol. The maximum absolute atomic E-state index is 13.9. The lowest BCUT2D eigenvalue weighted by atomic mass is 9.97. The van der Waals surface area contributed by atoms with Gasteiger partial charge in [-0.05, 0) is 49.4 Å². The third-order valence-electron chi connectivity index (χ3n) is 5.97. The Morgan fingerprint density at radius 2 is 2.00 bits per heavy atom. The highest BCUT2D eigenvalue weighted by atomic mass is 19.1. The van der Waals surface area contributed by atoms with E-state index in [1.807, 2.05) is 54.5 Å². The smallest absolute Gasteiger partial charge is 0.244 e. The molecule has 1 amide bonds. The van der Waals surface area contributed by atoms with Crippen molar-refractivity contribution >= 4 is 16.8 Å². The third kappa shape index (κ3) is 5.05. The molecule has 2 aromatic carbocycles. The van der Waals surface area contributed by atoms with Crippen LogP contribution in [0.4, 0.5) is 4.39 Å². The number of fused-ring (bicyclic) bond motifs is 1. The quantitative estimate of drug-likeness (QED) is 0.600. The molecule has 1 aliphatic heterocycles. The zero-order valence-corrected chi connectivity index (χ0v) is 17.5. The Morgan fingerprint density at radius 1 is 1.20 bits per heavy atom. The molecule has 1 aromatic heterocycles. The van der Waals surface area contributed by atoms with E-state index in [2.05, 4.69) is 10.00 Å². The average Bonchev–Trinajstić information content (AvgIpc) is 3.15. The first-order valence-corrected chi connectivity index (χ1v) is 10.7. The lowest BCUT2D eigenvalue weighted by Crippen LogP contribution is -2.43. The van der Waals surface area contributed by atoms with E-state index in [0.717, 1.165) is 61.9 Å². The van der Waals surface area contributed by atoms with Crippen molar-refractivity contribution in [1.29, 1.82) is 0 Å². The lowest BCUT2D eigenvalue weighted by Gasteiger charge is -2.34. The second kappa shape index (κ2) is 9.39. The number of nitrogens with zero attached hydrogens (tertiary/aromatic N) is 4. The van der Waals surface area contributed by atoms with Gasteiger partial charge in [0.05, 0.1) is 5.52 Å². The van der Waals surface area contributed by atoms with E-state index in [0.29, 0.717) is 5.92 Å². The number of likely N-dealkylation sites (tertiary alicyclic amines) is 1. The van der Waals surface area contributed by atoms with E-state index >= 15 is 0 Å². The molecule has 4 rings (SSSR count). The molecule has 6 heteroatoms. The number of rotatable bonds is 7. The van der Waals surface area contributed by atoms with Crippen LogP contribution in [-0.2, 0) is 17.8 Å². The fourth-order valence-corrected chi connectivity index (χ4v) is 4.33. The Balaban J connectivity index is 1.27. The first-order chi connectivity index (χ1) is 14.6. The number of hydrogen-bond acceptors (Lipinski definition) is 3. The van der Waals surface area contributed by atoms with Crippen molar-refractivity contribution in [2.45, 2.75) is 25.8 Å². The molecule has 0 bridgehead atoms. The molecule has 2 heterocycles. The standard InChI is InChI=1S/C24H29FN4O/c1-27(24(30)18-29-17-21-9-3-5-11-23(21)26-29)15-19-7-6-13-28(16-19)14-12-20-8-2-4-10-22(20)25/h2-5,8-11,17,19H,6-7,12-16,18H2,1H3/t19-/m1/s1. The van der Waals surface area contributed by atoms with Gasteiger partial charge in [0, 0.05) is 38.3 Å². The highest BCUT2D eigenvalue weighted by Crippen LogP contribution is 2.19. The second-order valence-corrected chi connectivity index (χ2v) is 8.31. The van der Waals surface area contributed by atoms with Gasteiger partial charge in [-0.2, -0.15) is 5.10 Å². The Hall–Kier alpha value is -2.73. The maximum Gasteiger partial charge on any atom is 0.244 e. The SMILES string of the molecule is CN(C[C@H]1CCCN(CCc2ccccc2F)C1)C(=O)Cn1cc2ccccc2n1. The van der Waals surface area contributed by atoms with Crippen LogP contribution in [0.2, 0.25) is 0 Å². The number of aromatic nitrogens is 2. The molecule has 0 N–H and O–H groups in total. The van der Waals surface area contributed by atoms with Gasteiger partial charge in [0.25, 0.3) is 0 Å². The van der Waals surface area contributed by atoms with Gasteiger partial charge in [0.1, 0.15) is 12.4 Å². The Kier molecular flexibility index (Phi) is 6.43. The van der Waals surface area contributed by atoms with Crippen LogP contribution in [0.15, 0.2) is 54.7 Å². The van der Waals surface area contributed by atoms with E-state index in [9.17, 15) is 9.18 Å². The largest absolute Gasteiger partial charge is 0.344 e. The van der Waals surface area contributed by atoms with Crippen LogP contribution in [0.1, 0.15) is 18.4 Å². The normalized spacial score (nSPS) is 17.3. The van der Waals surface area contributed by atoms with Gasteiger partial charge in [-0.3, -0.25) is 9.48 Å². The molecule has 0 spiro atoms. The first kappa shape index (κ1) is 20.5. The summed E-state index contributed by atoms with van der Waals surface area (Å²) < 4.78 is 15.6. The predicted molar refractivity (Wildman–Crippen MR) is 117 cm³/mol. The second-order valence-electron chi connectivity index (χ2n) is 8.31. The lowest BCUT2D eigenvalue weighted by molar-refractivity contribution is -0.131. The van der Waals surface area contributed by atoms with Crippen LogP contribution in [0.25, 0.3) is 10.9 Å². The minimum absolute atomic E-state index is 0.0753. The molecule has 0 radical (unpaired) electrons. The number of carbonyl (C=O) groups is 1. The van der Waals surface area contributed by atoms with Gasteiger partial charge in [-0.25, -0.2) is 4.39 Å². The number of benzene rings is 2. The molecule has 30 heavy (non-hydrogen) atoms. The zero-order chi connectivity index (χ0) is 20.9. The number of likely N-dealkylation sites (N-methyl/N-ethyl adjacent to an activating group) is 1. The molecule has 0 unspecified atom stereocenters. The number of halogens is 1. The van der Waals surface area contributed by atoms with Gasteiger partial charge in [-0.15, -0.1) is 0 Å². The zero-order valence-electron chi connectivity index (χ0n) is 17.5. The molecular formula is C24H29FN4O. The van der Waals surface area contributed by atoms with Crippen LogP contribution in [0.3, 0.4) is 0 Å². The summed E-state index contributed by atoms with van der Waals surface area (Å²) in [5, 5.41) is 5.53. The summed E-state index contributed by atoms with van der Waals surface area (Å²) in [6, 6.07) is 14.9. The highest BCUT2D eigenvalue weighted by molar-refractivity contribution is 5.79. The number of hydrogen-bond donors (Lipinski definition) is 0. The minimum Gasteiger partial charge on any atom is -0.344 e. The third-order valence-corrected chi connectivity index (χ3v) is 5.97. The molecule has 1 fully saturated rings. The van der Waals surface area contributed by atoms with E-state index in [4.69, 9.17) is 0 Å². The van der Waals surface area contributed by atoms with Crippen molar-refractivity contribution in [3.63, 3.8) is 0 Å². The van der Waals surface area contributed by atoms with E-state index in [1.54, 1.807) is 10.7 Å². The fraction of sp³-hybridized carbons (Fsp3) is 0.417. The van der Waals surface area contributed by atoms with Crippen LogP contribution in [-0.4, -0.2) is 58.7 Å². The van der Waals surface area contributed by atoms with Crippen LogP contribution >= 0.6 is 0 Å². The van der Waals surface area contributed by atoms with Crippen molar-refractivity contribution in [3.8, 4) is 0 Å². The molecule has 0 saturated carbocycles. The average molecular weight is 409 g/mol. The fourth-order valence-electron chi connectivity index (χ4n) is 4.33. The molecule has 0 aliphatic carbocycles. The van der Waals surface area contributed by atoms with Gasteiger partial charge < -0.3 is 9.80 Å². The molecule has 1 aliphatic rings. The summed E-state index contributed by atoms with van der Waals surface area (Å²) in [7, 11) is 1.88. The predicted octanol–water partition coefficient (Wildman–Crippen LogP) is 3.59. The Morgan fingerprint density at radius 3 is 2.83 bits per heavy atom. The molecule has 1 saturated heterocycles. The molecule has 3 aromatic rings. The van der Waals surface area contributed by atoms with Crippen LogP contribution in [0.5, 0.6) is 0 Å². The Bertz CT molecular complexity index is 969. The first-order valence-electron chi connectivity index (χ1n) is 10.7. The summed E-state index contributed by atoms with van der Waals surface area (Å²) >= 11 is 0. The summed E-state index contributed by atoms with van der Waals surface area (Å²) in [6.45, 7) is 3.86. The number of amides is 1. The van der Waals surface area contributed by atoms with Gasteiger partial charge >= 0.3 is 0 Å². The van der Waals surface area contributed by atoms with Crippen molar-refractivity contribution < 1.29 is 9.18 Å². The van der Waals surface area contributed by atoms with Crippen LogP contribution in [0, 0.1) is 11.7 Å². The molecule has 1 atom stereocenters. The van der Waals surface area contributed by atoms with Crippen molar-refractivity contribution in [2.24, 2.45) is 5.92 Å². The molecular weight excluding hydrogens is 379 g/mol. The van der Waals surface area contributed by atoms with Crippen molar-refractivity contribution in [2.75, 3.05) is 33.2 Å². The summed E-state index contributed by atoms with van der Waals surface area (Å²) in [6.07, 6.45) is 4.89. The highest BCUT2D eigenvalue weighted by Gasteiger charge is 2.23. The van der Waals surface area contributed by atoms with E-state index in [-0.39, 0.29) is 18.3 Å².